The van der Waals surface area contributed by atoms with Gasteiger partial charge in [-0.25, -0.2) is 4.39 Å². The highest BCUT2D eigenvalue weighted by molar-refractivity contribution is 5.19. The van der Waals surface area contributed by atoms with Crippen molar-refractivity contribution in [2.24, 2.45) is 0 Å². The van der Waals surface area contributed by atoms with Crippen LogP contribution in [0.5, 0.6) is 0 Å². The molecule has 18 heavy (non-hydrogen) atoms. The molecule has 1 aromatic carbocycles. The molecular formula is C14H20FNO2. The summed E-state index contributed by atoms with van der Waals surface area (Å²) >= 11 is 0. The van der Waals surface area contributed by atoms with Crippen LogP contribution in [-0.2, 0) is 4.74 Å². The van der Waals surface area contributed by atoms with E-state index in [-0.39, 0.29) is 11.9 Å². The first-order valence-electron chi connectivity index (χ1n) is 6.26. The predicted molar refractivity (Wildman–Crippen MR) is 67.8 cm³/mol. The first-order chi connectivity index (χ1) is 8.44. The molecule has 1 atom stereocenters. The van der Waals surface area contributed by atoms with E-state index in [9.17, 15) is 9.50 Å². The first-order valence-corrected chi connectivity index (χ1v) is 6.26. The minimum Gasteiger partial charge on any atom is -0.389 e. The zero-order chi connectivity index (χ0) is 13.2. The number of benzene rings is 1. The van der Waals surface area contributed by atoms with Crippen LogP contribution < -0.4 is 0 Å². The summed E-state index contributed by atoms with van der Waals surface area (Å²) in [6.07, 6.45) is -0.114. The Morgan fingerprint density at radius 3 is 2.94 bits per heavy atom. The minimum absolute atomic E-state index is 0.114. The molecule has 1 unspecified atom stereocenters. The van der Waals surface area contributed by atoms with Gasteiger partial charge in [0.15, 0.2) is 0 Å². The third kappa shape index (κ3) is 3.77. The fourth-order valence-electron chi connectivity index (χ4n) is 2.30. The van der Waals surface area contributed by atoms with Gasteiger partial charge in [0.2, 0.25) is 0 Å². The lowest BCUT2D eigenvalue weighted by molar-refractivity contribution is -0.0564. The fourth-order valence-corrected chi connectivity index (χ4v) is 2.30. The molecule has 1 fully saturated rings. The van der Waals surface area contributed by atoms with E-state index in [1.54, 1.807) is 19.9 Å². The van der Waals surface area contributed by atoms with Gasteiger partial charge in [-0.3, -0.25) is 4.90 Å². The van der Waals surface area contributed by atoms with Crippen molar-refractivity contribution in [2.75, 3.05) is 26.2 Å². The van der Waals surface area contributed by atoms with Crippen LogP contribution in [0, 0.1) is 5.82 Å². The molecule has 1 aliphatic rings. The predicted octanol–water partition coefficient (Wildman–Crippen LogP) is 1.97. The third-order valence-corrected chi connectivity index (χ3v) is 2.98. The minimum atomic E-state index is -0.718. The van der Waals surface area contributed by atoms with Gasteiger partial charge in [0.1, 0.15) is 5.82 Å². The van der Waals surface area contributed by atoms with Crippen molar-refractivity contribution >= 4 is 0 Å². The fraction of sp³-hybridized carbons (Fsp3) is 0.571. The van der Waals surface area contributed by atoms with Crippen LogP contribution in [0.3, 0.4) is 0 Å². The number of rotatable bonds is 3. The molecule has 1 N–H and O–H groups in total. The van der Waals surface area contributed by atoms with Gasteiger partial charge in [0, 0.05) is 19.6 Å². The molecule has 0 aromatic heterocycles. The highest BCUT2D eigenvalue weighted by Gasteiger charge is 2.26. The van der Waals surface area contributed by atoms with Crippen LogP contribution in [0.2, 0.25) is 0 Å². The van der Waals surface area contributed by atoms with Crippen LogP contribution in [0.15, 0.2) is 24.3 Å². The molecule has 0 radical (unpaired) electrons. The maximum Gasteiger partial charge on any atom is 0.123 e. The van der Waals surface area contributed by atoms with Gasteiger partial charge in [0.25, 0.3) is 0 Å². The number of hydrogen-bond donors (Lipinski definition) is 1. The number of aliphatic hydroxyl groups is 1. The van der Waals surface area contributed by atoms with Crippen LogP contribution in [0.4, 0.5) is 4.39 Å². The molecule has 0 amide bonds. The molecule has 0 bridgehead atoms. The van der Waals surface area contributed by atoms with Gasteiger partial charge in [0.05, 0.1) is 18.3 Å². The summed E-state index contributed by atoms with van der Waals surface area (Å²) < 4.78 is 18.9. The Labute approximate surface area is 107 Å². The van der Waals surface area contributed by atoms with Crippen molar-refractivity contribution in [3.8, 4) is 0 Å². The highest BCUT2D eigenvalue weighted by Crippen LogP contribution is 2.23. The summed E-state index contributed by atoms with van der Waals surface area (Å²) in [4.78, 5) is 2.15. The SMILES string of the molecule is CC(C)(O)CN1CCOC(c2cccc(F)c2)C1. The molecular weight excluding hydrogens is 233 g/mol. The van der Waals surface area contributed by atoms with E-state index in [2.05, 4.69) is 4.90 Å². The smallest absolute Gasteiger partial charge is 0.123 e. The maximum atomic E-state index is 13.2. The average Bonchev–Trinajstić information content (AvgIpc) is 2.27. The van der Waals surface area contributed by atoms with Gasteiger partial charge in [-0.2, -0.15) is 0 Å². The Morgan fingerprint density at radius 1 is 1.50 bits per heavy atom. The normalized spacial score (nSPS) is 22.1. The van der Waals surface area contributed by atoms with Crippen molar-refractivity contribution in [3.05, 3.63) is 35.6 Å². The lowest BCUT2D eigenvalue weighted by atomic mass is 10.1. The van der Waals surface area contributed by atoms with E-state index < -0.39 is 5.60 Å². The van der Waals surface area contributed by atoms with E-state index in [1.165, 1.54) is 12.1 Å². The molecule has 1 heterocycles. The Kier molecular flexibility index (Phi) is 4.00. The Bertz CT molecular complexity index is 403. The van der Waals surface area contributed by atoms with Crippen LogP contribution >= 0.6 is 0 Å². The largest absolute Gasteiger partial charge is 0.389 e. The molecule has 2 rings (SSSR count). The maximum absolute atomic E-state index is 13.2. The molecule has 1 saturated heterocycles. The zero-order valence-corrected chi connectivity index (χ0v) is 10.9. The summed E-state index contributed by atoms with van der Waals surface area (Å²) in [5.41, 5.74) is 0.138. The summed E-state index contributed by atoms with van der Waals surface area (Å²) in [5, 5.41) is 9.83. The summed E-state index contributed by atoms with van der Waals surface area (Å²) in [6, 6.07) is 6.52. The lowest BCUT2D eigenvalue weighted by Crippen LogP contribution is -2.45. The Hall–Kier alpha value is -0.970. The molecule has 100 valence electrons. The number of ether oxygens (including phenoxy) is 1. The van der Waals surface area contributed by atoms with Crippen molar-refractivity contribution < 1.29 is 14.2 Å². The number of β-amino-alcohol motifs (C(OH)–C–C–N with tert-alkyl or cyclic N) is 1. The van der Waals surface area contributed by atoms with E-state index >= 15 is 0 Å². The Balaban J connectivity index is 2.02. The van der Waals surface area contributed by atoms with Gasteiger partial charge >= 0.3 is 0 Å². The second-order valence-corrected chi connectivity index (χ2v) is 5.46. The lowest BCUT2D eigenvalue weighted by Gasteiger charge is -2.36. The van der Waals surface area contributed by atoms with Crippen molar-refractivity contribution in [1.29, 1.82) is 0 Å². The average molecular weight is 253 g/mol. The van der Waals surface area contributed by atoms with Gasteiger partial charge in [-0.05, 0) is 31.5 Å². The summed E-state index contributed by atoms with van der Waals surface area (Å²) in [7, 11) is 0. The molecule has 3 nitrogen and oxygen atoms in total. The van der Waals surface area contributed by atoms with Crippen molar-refractivity contribution in [3.63, 3.8) is 0 Å². The number of morpholine rings is 1. The highest BCUT2D eigenvalue weighted by atomic mass is 19.1. The molecule has 1 aliphatic heterocycles. The van der Waals surface area contributed by atoms with E-state index in [0.29, 0.717) is 19.7 Å². The van der Waals surface area contributed by atoms with Gasteiger partial charge in [-0.1, -0.05) is 12.1 Å². The van der Waals surface area contributed by atoms with E-state index in [1.807, 2.05) is 6.07 Å². The topological polar surface area (TPSA) is 32.7 Å². The molecule has 1 aromatic rings. The summed E-state index contributed by atoms with van der Waals surface area (Å²) in [5.74, 6) is -0.240. The van der Waals surface area contributed by atoms with Gasteiger partial charge in [-0.15, -0.1) is 0 Å². The van der Waals surface area contributed by atoms with Crippen LogP contribution in [-0.4, -0.2) is 41.8 Å². The summed E-state index contributed by atoms with van der Waals surface area (Å²) in [6.45, 7) is 6.28. The monoisotopic (exact) mass is 253 g/mol. The molecule has 0 aliphatic carbocycles. The van der Waals surface area contributed by atoms with E-state index in [4.69, 9.17) is 4.74 Å². The van der Waals surface area contributed by atoms with Crippen LogP contribution in [0.1, 0.15) is 25.5 Å². The second-order valence-electron chi connectivity index (χ2n) is 5.46. The molecule has 0 spiro atoms. The second kappa shape index (κ2) is 5.34. The third-order valence-electron chi connectivity index (χ3n) is 2.98. The van der Waals surface area contributed by atoms with Gasteiger partial charge < -0.3 is 9.84 Å². The van der Waals surface area contributed by atoms with Crippen molar-refractivity contribution in [1.82, 2.24) is 4.90 Å². The molecule has 4 heteroatoms. The number of halogens is 1. The number of nitrogens with zero attached hydrogens (tertiary/aromatic N) is 1. The standard InChI is InChI=1S/C14H20FNO2/c1-14(2,17)10-16-6-7-18-13(9-16)11-4-3-5-12(15)8-11/h3-5,8,13,17H,6-7,9-10H2,1-2H3. The quantitative estimate of drug-likeness (QED) is 0.894. The zero-order valence-electron chi connectivity index (χ0n) is 10.9. The molecule has 0 saturated carbocycles. The van der Waals surface area contributed by atoms with Crippen molar-refractivity contribution in [2.45, 2.75) is 25.6 Å². The first kappa shape index (κ1) is 13.5. The van der Waals surface area contributed by atoms with Crippen LogP contribution in [0.25, 0.3) is 0 Å². The Morgan fingerprint density at radius 2 is 2.28 bits per heavy atom. The number of hydrogen-bond acceptors (Lipinski definition) is 3. The van der Waals surface area contributed by atoms with E-state index in [0.717, 1.165) is 12.1 Å².